The van der Waals surface area contributed by atoms with Crippen LogP contribution >= 0.6 is 0 Å². The number of hydrogen-bond acceptors (Lipinski definition) is 11. The molecule has 0 spiro atoms. The van der Waals surface area contributed by atoms with E-state index in [-0.39, 0.29) is 42.0 Å². The van der Waals surface area contributed by atoms with Gasteiger partial charge in [-0.2, -0.15) is 14.4 Å². The molecule has 2 N–H and O–H groups in total. The van der Waals surface area contributed by atoms with Crippen molar-refractivity contribution >= 4 is 29.3 Å². The number of rotatable bonds is 12. The Kier molecular flexibility index (Phi) is 9.69. The number of anilines is 1. The third-order valence-electron chi connectivity index (χ3n) is 7.09. The van der Waals surface area contributed by atoms with E-state index in [1.54, 1.807) is 6.92 Å². The van der Waals surface area contributed by atoms with Crippen LogP contribution in [0.1, 0.15) is 59.1 Å². The van der Waals surface area contributed by atoms with Gasteiger partial charge in [0.25, 0.3) is 0 Å². The van der Waals surface area contributed by atoms with E-state index in [1.807, 2.05) is 6.08 Å². The molecule has 2 aromatic heterocycles. The number of terminal acetylenes is 1. The van der Waals surface area contributed by atoms with Crippen LogP contribution in [0.25, 0.3) is 11.2 Å². The molecule has 2 aromatic rings. The Hall–Kier alpha value is -3.92. The van der Waals surface area contributed by atoms with Gasteiger partial charge in [-0.15, -0.1) is 13.0 Å². The molecule has 0 aromatic carbocycles. The number of allylic oxidation sites excluding steroid dienone is 1. The van der Waals surface area contributed by atoms with Gasteiger partial charge in [-0.05, 0) is 25.2 Å². The van der Waals surface area contributed by atoms with Gasteiger partial charge in [0.2, 0.25) is 5.60 Å². The van der Waals surface area contributed by atoms with Crippen molar-refractivity contribution in [1.29, 1.82) is 0 Å². The summed E-state index contributed by atoms with van der Waals surface area (Å²) >= 11 is 0. The second kappa shape index (κ2) is 12.8. The molecule has 39 heavy (non-hydrogen) atoms. The number of ether oxygens (including phenoxy) is 5. The number of nitrogen functional groups attached to an aromatic ring is 1. The first-order chi connectivity index (χ1) is 18.7. The Morgan fingerprint density at radius 3 is 2.69 bits per heavy atom. The lowest BCUT2D eigenvalue weighted by molar-refractivity contribution is -0.105. The SMILES string of the molecule is C#C[C@]1(COC(=O)OCCC(CC)(CC)CC=C)O[C@@H](n2cnc3c(N)nc(F)nc32)C[C@@H]1OC(=O)OCC. The van der Waals surface area contributed by atoms with Crippen LogP contribution in [0.4, 0.5) is 19.8 Å². The predicted molar refractivity (Wildman–Crippen MR) is 138 cm³/mol. The van der Waals surface area contributed by atoms with Crippen molar-refractivity contribution in [2.45, 2.75) is 70.8 Å². The van der Waals surface area contributed by atoms with Crippen LogP contribution in [0.3, 0.4) is 0 Å². The summed E-state index contributed by atoms with van der Waals surface area (Å²) in [5.74, 6) is 2.28. The lowest BCUT2D eigenvalue weighted by atomic mass is 9.77. The third-order valence-corrected chi connectivity index (χ3v) is 7.09. The average molecular weight is 548 g/mol. The largest absolute Gasteiger partial charge is 0.508 e. The van der Waals surface area contributed by atoms with Gasteiger partial charge in [-0.1, -0.05) is 38.7 Å². The standard InChI is InChI=1S/C26H34FN5O7/c1-6-11-25(7-2,8-3)12-13-36-23(33)37-15-26(9-4)17(38-24(34)35-10-5)14-18(39-26)32-16-29-19-20(28)30-22(27)31-21(19)32/h4,6,16-18H,1,7-8,10-15H2,2-3,5H3,(H2,28,30,31)/t17-,18+,26+/m0/s1. The van der Waals surface area contributed by atoms with Crippen LogP contribution < -0.4 is 5.73 Å². The maximum absolute atomic E-state index is 13.9. The van der Waals surface area contributed by atoms with Gasteiger partial charge in [-0.25, -0.2) is 14.6 Å². The highest BCUT2D eigenvalue weighted by molar-refractivity contribution is 5.81. The number of nitrogens with zero attached hydrogens (tertiary/aromatic N) is 4. The molecule has 0 saturated carbocycles. The average Bonchev–Trinajstić information content (AvgIpc) is 3.49. The van der Waals surface area contributed by atoms with E-state index in [0.717, 1.165) is 19.3 Å². The Bertz CT molecular complexity index is 1230. The van der Waals surface area contributed by atoms with Crippen molar-refractivity contribution in [2.24, 2.45) is 5.41 Å². The molecule has 3 rings (SSSR count). The minimum absolute atomic E-state index is 0.0184. The number of carbonyl (C=O) groups is 2. The second-order valence-electron chi connectivity index (χ2n) is 9.17. The highest BCUT2D eigenvalue weighted by Crippen LogP contribution is 2.40. The van der Waals surface area contributed by atoms with Crippen LogP contribution in [0, 0.1) is 23.8 Å². The van der Waals surface area contributed by atoms with E-state index in [2.05, 4.69) is 41.3 Å². The van der Waals surface area contributed by atoms with Crippen LogP contribution in [-0.4, -0.2) is 63.4 Å². The molecule has 0 aliphatic carbocycles. The molecule has 1 aliphatic heterocycles. The van der Waals surface area contributed by atoms with E-state index >= 15 is 0 Å². The van der Waals surface area contributed by atoms with Gasteiger partial charge in [0.05, 0.1) is 19.5 Å². The van der Waals surface area contributed by atoms with Gasteiger partial charge in [0, 0.05) is 6.42 Å². The summed E-state index contributed by atoms with van der Waals surface area (Å²) < 4.78 is 42.3. The lowest BCUT2D eigenvalue weighted by Gasteiger charge is -2.30. The van der Waals surface area contributed by atoms with Gasteiger partial charge in [0.1, 0.15) is 12.8 Å². The number of carbonyl (C=O) groups excluding carboxylic acids is 2. The predicted octanol–water partition coefficient (Wildman–Crippen LogP) is 4.31. The number of imidazole rings is 1. The molecule has 0 unspecified atom stereocenters. The summed E-state index contributed by atoms with van der Waals surface area (Å²) in [6.07, 6.45) is 7.16. The molecule has 0 radical (unpaired) electrons. The van der Waals surface area contributed by atoms with Crippen LogP contribution in [0.2, 0.25) is 0 Å². The molecule has 12 nitrogen and oxygen atoms in total. The first kappa shape index (κ1) is 29.6. The molecule has 1 saturated heterocycles. The van der Waals surface area contributed by atoms with Crippen molar-refractivity contribution in [3.8, 4) is 12.3 Å². The lowest BCUT2D eigenvalue weighted by Crippen LogP contribution is -2.45. The molecule has 3 heterocycles. The first-order valence-corrected chi connectivity index (χ1v) is 12.7. The number of nitrogens with two attached hydrogens (primary N) is 1. The van der Waals surface area contributed by atoms with Crippen molar-refractivity contribution in [3.05, 3.63) is 25.1 Å². The maximum Gasteiger partial charge on any atom is 0.508 e. The van der Waals surface area contributed by atoms with E-state index in [1.165, 1.54) is 10.9 Å². The summed E-state index contributed by atoms with van der Waals surface area (Å²) in [5, 5.41) is 0. The number of hydrogen-bond donors (Lipinski definition) is 1. The Labute approximate surface area is 226 Å². The third kappa shape index (κ3) is 6.57. The smallest absolute Gasteiger partial charge is 0.435 e. The quantitative estimate of drug-likeness (QED) is 0.175. The molecule has 212 valence electrons. The summed E-state index contributed by atoms with van der Waals surface area (Å²) in [5.41, 5.74) is 4.20. The normalized spacial score (nSPS) is 20.8. The Balaban J connectivity index is 1.76. The number of aromatic nitrogens is 4. The van der Waals surface area contributed by atoms with E-state index in [4.69, 9.17) is 35.8 Å². The molecule has 0 bridgehead atoms. The second-order valence-corrected chi connectivity index (χ2v) is 9.17. The van der Waals surface area contributed by atoms with Gasteiger partial charge >= 0.3 is 18.4 Å². The van der Waals surface area contributed by atoms with Crippen molar-refractivity contribution in [3.63, 3.8) is 0 Å². The van der Waals surface area contributed by atoms with E-state index < -0.39 is 42.9 Å². The fourth-order valence-corrected chi connectivity index (χ4v) is 4.60. The van der Waals surface area contributed by atoms with Crippen molar-refractivity contribution in [2.75, 3.05) is 25.6 Å². The van der Waals surface area contributed by atoms with E-state index in [9.17, 15) is 14.0 Å². The highest BCUT2D eigenvalue weighted by Gasteiger charge is 2.53. The summed E-state index contributed by atoms with van der Waals surface area (Å²) in [6.45, 7) is 9.29. The summed E-state index contributed by atoms with van der Waals surface area (Å²) in [7, 11) is 0. The topological polar surface area (TPSA) is 150 Å². The monoisotopic (exact) mass is 547 g/mol. The first-order valence-electron chi connectivity index (χ1n) is 12.7. The zero-order chi connectivity index (χ0) is 28.6. The molecular weight excluding hydrogens is 513 g/mol. The van der Waals surface area contributed by atoms with Crippen molar-refractivity contribution < 1.29 is 37.7 Å². The molecule has 0 amide bonds. The molecule has 3 atom stereocenters. The molecular formula is C26H34FN5O7. The fraction of sp³-hybridized carbons (Fsp3) is 0.577. The van der Waals surface area contributed by atoms with Crippen LogP contribution in [0.5, 0.6) is 0 Å². The maximum atomic E-state index is 13.9. The number of fused-ring (bicyclic) bond motifs is 1. The molecule has 1 fully saturated rings. The summed E-state index contributed by atoms with van der Waals surface area (Å²) in [4.78, 5) is 36.0. The van der Waals surface area contributed by atoms with Crippen molar-refractivity contribution in [1.82, 2.24) is 19.5 Å². The van der Waals surface area contributed by atoms with Gasteiger partial charge < -0.3 is 29.4 Å². The molecule has 1 aliphatic rings. The van der Waals surface area contributed by atoms with E-state index in [0.29, 0.717) is 6.42 Å². The molecule has 13 heteroatoms. The zero-order valence-corrected chi connectivity index (χ0v) is 22.4. The Morgan fingerprint density at radius 1 is 1.31 bits per heavy atom. The minimum Gasteiger partial charge on any atom is -0.435 e. The number of halogens is 1. The van der Waals surface area contributed by atoms with Crippen LogP contribution in [0.15, 0.2) is 19.0 Å². The summed E-state index contributed by atoms with van der Waals surface area (Å²) in [6, 6.07) is 0. The Morgan fingerprint density at radius 2 is 2.05 bits per heavy atom. The highest BCUT2D eigenvalue weighted by atomic mass is 19.1. The van der Waals surface area contributed by atoms with Gasteiger partial charge in [0.15, 0.2) is 23.1 Å². The zero-order valence-electron chi connectivity index (χ0n) is 22.4. The van der Waals surface area contributed by atoms with Crippen LogP contribution in [-0.2, 0) is 23.7 Å². The van der Waals surface area contributed by atoms with Gasteiger partial charge in [-0.3, -0.25) is 4.57 Å². The fourth-order valence-electron chi connectivity index (χ4n) is 4.60. The minimum atomic E-state index is -1.72.